The van der Waals surface area contributed by atoms with E-state index in [4.69, 9.17) is 28.3 Å². The largest absolute Gasteiger partial charge is 0.478 e. The zero-order valence-electron chi connectivity index (χ0n) is 9.93. The zero-order valence-corrected chi connectivity index (χ0v) is 11.4. The van der Waals surface area contributed by atoms with E-state index >= 15 is 0 Å². The smallest absolute Gasteiger partial charge is 0.335 e. The van der Waals surface area contributed by atoms with Crippen LogP contribution in [0.15, 0.2) is 36.5 Å². The molecule has 2 aromatic rings. The second-order valence-electron chi connectivity index (χ2n) is 3.81. The number of amides is 1. The minimum atomic E-state index is -1.11. The molecule has 0 aliphatic heterocycles. The number of hydrogen-bond acceptors (Lipinski definition) is 3. The molecule has 0 bridgehead atoms. The van der Waals surface area contributed by atoms with E-state index in [0.717, 1.165) is 0 Å². The van der Waals surface area contributed by atoms with Gasteiger partial charge in [-0.3, -0.25) is 4.79 Å². The number of carboxylic acid groups (broad SMARTS) is 1. The van der Waals surface area contributed by atoms with Crippen LogP contribution < -0.4 is 5.32 Å². The fourth-order valence-corrected chi connectivity index (χ4v) is 1.86. The van der Waals surface area contributed by atoms with Crippen molar-refractivity contribution in [3.05, 3.63) is 57.7 Å². The Morgan fingerprint density at radius 3 is 2.60 bits per heavy atom. The summed E-state index contributed by atoms with van der Waals surface area (Å²) in [6, 6.07) is 7.05. The molecule has 102 valence electrons. The van der Waals surface area contributed by atoms with Crippen LogP contribution in [0.3, 0.4) is 0 Å². The lowest BCUT2D eigenvalue weighted by atomic mass is 10.2. The minimum Gasteiger partial charge on any atom is -0.478 e. The fourth-order valence-electron chi connectivity index (χ4n) is 1.49. The molecule has 0 atom stereocenters. The summed E-state index contributed by atoms with van der Waals surface area (Å²) in [5, 5.41) is 11.9. The van der Waals surface area contributed by atoms with Gasteiger partial charge < -0.3 is 10.4 Å². The molecule has 1 aromatic carbocycles. The topological polar surface area (TPSA) is 79.3 Å². The maximum atomic E-state index is 12.0. The summed E-state index contributed by atoms with van der Waals surface area (Å²) >= 11 is 11.7. The molecule has 7 heteroatoms. The molecule has 0 saturated carbocycles. The first-order chi connectivity index (χ1) is 9.47. The van der Waals surface area contributed by atoms with Crippen molar-refractivity contribution in [2.45, 2.75) is 0 Å². The summed E-state index contributed by atoms with van der Waals surface area (Å²) in [5.41, 5.74) is 0.203. The lowest BCUT2D eigenvalue weighted by Gasteiger charge is -2.07. The second-order valence-corrected chi connectivity index (χ2v) is 4.66. The Bertz CT molecular complexity index is 689. The lowest BCUT2D eigenvalue weighted by Crippen LogP contribution is -2.14. The first-order valence-corrected chi connectivity index (χ1v) is 6.18. The summed E-state index contributed by atoms with van der Waals surface area (Å²) < 4.78 is 0. The Morgan fingerprint density at radius 2 is 1.90 bits per heavy atom. The van der Waals surface area contributed by atoms with Crippen molar-refractivity contribution in [1.29, 1.82) is 0 Å². The molecule has 1 heterocycles. The number of anilines is 1. The molecule has 0 saturated heterocycles. The van der Waals surface area contributed by atoms with Crippen LogP contribution in [-0.2, 0) is 0 Å². The number of carbonyl (C=O) groups is 2. The number of carboxylic acids is 1. The third kappa shape index (κ3) is 3.26. The van der Waals surface area contributed by atoms with Crippen LogP contribution in [0.4, 0.5) is 5.82 Å². The number of nitrogens with zero attached hydrogens (tertiary/aromatic N) is 1. The number of aromatic nitrogens is 1. The average Bonchev–Trinajstić information content (AvgIpc) is 2.41. The number of benzene rings is 1. The van der Waals surface area contributed by atoms with Crippen molar-refractivity contribution in [2.24, 2.45) is 0 Å². The lowest BCUT2D eigenvalue weighted by molar-refractivity contribution is 0.0696. The molecule has 0 fully saturated rings. The van der Waals surface area contributed by atoms with Gasteiger partial charge in [-0.15, -0.1) is 0 Å². The molecule has 2 N–H and O–H groups in total. The third-order valence-electron chi connectivity index (χ3n) is 2.42. The first kappa shape index (κ1) is 14.3. The quantitative estimate of drug-likeness (QED) is 0.911. The van der Waals surface area contributed by atoms with E-state index in [1.807, 2.05) is 0 Å². The Balaban J connectivity index is 2.25. The van der Waals surface area contributed by atoms with Crippen LogP contribution in [0.2, 0.25) is 10.0 Å². The van der Waals surface area contributed by atoms with Crippen molar-refractivity contribution in [2.75, 3.05) is 5.32 Å². The first-order valence-electron chi connectivity index (χ1n) is 5.43. The van der Waals surface area contributed by atoms with Crippen molar-refractivity contribution in [3.8, 4) is 0 Å². The van der Waals surface area contributed by atoms with E-state index in [1.165, 1.54) is 30.5 Å². The number of rotatable bonds is 3. The summed E-state index contributed by atoms with van der Waals surface area (Å²) in [5.74, 6) is -1.51. The Morgan fingerprint density at radius 1 is 1.15 bits per heavy atom. The van der Waals surface area contributed by atoms with Crippen LogP contribution >= 0.6 is 23.2 Å². The Hall–Kier alpha value is -2.11. The van der Waals surface area contributed by atoms with Crippen molar-refractivity contribution in [3.63, 3.8) is 0 Å². The van der Waals surface area contributed by atoms with Gasteiger partial charge in [-0.25, -0.2) is 9.78 Å². The normalized spacial score (nSPS) is 10.1. The second kappa shape index (κ2) is 5.90. The average molecular weight is 311 g/mol. The number of aromatic carboxylic acids is 1. The highest BCUT2D eigenvalue weighted by atomic mass is 35.5. The Labute approximate surface area is 124 Å². The van der Waals surface area contributed by atoms with E-state index < -0.39 is 11.9 Å². The van der Waals surface area contributed by atoms with Crippen LogP contribution in [-0.4, -0.2) is 22.0 Å². The number of nitrogens with one attached hydrogen (secondary N) is 1. The van der Waals surface area contributed by atoms with Crippen molar-refractivity contribution < 1.29 is 14.7 Å². The van der Waals surface area contributed by atoms with Gasteiger partial charge in [0.25, 0.3) is 5.91 Å². The van der Waals surface area contributed by atoms with Crippen molar-refractivity contribution in [1.82, 2.24) is 4.98 Å². The maximum Gasteiger partial charge on any atom is 0.335 e. The summed E-state index contributed by atoms with van der Waals surface area (Å²) in [7, 11) is 0. The molecule has 5 nitrogen and oxygen atoms in total. The van der Waals surface area contributed by atoms with Gasteiger partial charge in [-0.2, -0.15) is 0 Å². The van der Waals surface area contributed by atoms with Crippen LogP contribution in [0.25, 0.3) is 0 Å². The fraction of sp³-hybridized carbons (Fsp3) is 0. The highest BCUT2D eigenvalue weighted by Gasteiger charge is 2.13. The monoisotopic (exact) mass is 310 g/mol. The van der Waals surface area contributed by atoms with Gasteiger partial charge in [0.1, 0.15) is 5.82 Å². The predicted molar refractivity (Wildman–Crippen MR) is 75.6 cm³/mol. The summed E-state index contributed by atoms with van der Waals surface area (Å²) in [4.78, 5) is 26.7. The number of hydrogen-bond donors (Lipinski definition) is 2. The van der Waals surface area contributed by atoms with Crippen LogP contribution in [0, 0.1) is 0 Å². The van der Waals surface area contributed by atoms with E-state index in [2.05, 4.69) is 10.3 Å². The molecule has 0 radical (unpaired) electrons. The highest BCUT2D eigenvalue weighted by molar-refractivity contribution is 6.36. The minimum absolute atomic E-state index is 0.0208. The summed E-state index contributed by atoms with van der Waals surface area (Å²) in [6.07, 6.45) is 1.29. The van der Waals surface area contributed by atoms with E-state index in [9.17, 15) is 9.59 Å². The molecule has 0 aliphatic rings. The molecule has 2 rings (SSSR count). The predicted octanol–water partition coefficient (Wildman–Crippen LogP) is 3.34. The third-order valence-corrected chi connectivity index (χ3v) is 2.99. The molecular formula is C13H8Cl2N2O3. The Kier molecular flexibility index (Phi) is 4.22. The van der Waals surface area contributed by atoms with E-state index in [-0.39, 0.29) is 22.0 Å². The molecular weight excluding hydrogens is 303 g/mol. The molecule has 0 aliphatic carbocycles. The molecule has 0 spiro atoms. The molecule has 1 aromatic heterocycles. The van der Waals surface area contributed by atoms with Gasteiger partial charge in [0, 0.05) is 11.2 Å². The van der Waals surface area contributed by atoms with Crippen LogP contribution in [0.5, 0.6) is 0 Å². The molecule has 1 amide bonds. The van der Waals surface area contributed by atoms with E-state index in [0.29, 0.717) is 5.02 Å². The molecule has 20 heavy (non-hydrogen) atoms. The maximum absolute atomic E-state index is 12.0. The number of carbonyl (C=O) groups excluding carboxylic acids is 1. The molecule has 0 unspecified atom stereocenters. The summed E-state index contributed by atoms with van der Waals surface area (Å²) in [6.45, 7) is 0. The van der Waals surface area contributed by atoms with E-state index in [1.54, 1.807) is 6.07 Å². The number of halogens is 2. The highest BCUT2D eigenvalue weighted by Crippen LogP contribution is 2.21. The number of pyridine rings is 1. The van der Waals surface area contributed by atoms with Gasteiger partial charge >= 0.3 is 5.97 Å². The van der Waals surface area contributed by atoms with Crippen molar-refractivity contribution >= 4 is 40.9 Å². The van der Waals surface area contributed by atoms with Gasteiger partial charge in [0.2, 0.25) is 0 Å². The van der Waals surface area contributed by atoms with Gasteiger partial charge in [0.05, 0.1) is 16.1 Å². The van der Waals surface area contributed by atoms with Gasteiger partial charge in [-0.05, 0) is 30.3 Å². The van der Waals surface area contributed by atoms with Gasteiger partial charge in [-0.1, -0.05) is 23.2 Å². The SMILES string of the molecule is O=C(O)c1ccnc(NC(=O)c2cc(Cl)ccc2Cl)c1. The standard InChI is InChI=1S/C13H8Cl2N2O3/c14-8-1-2-10(15)9(6-8)12(18)17-11-5-7(13(19)20)3-4-16-11/h1-6H,(H,19,20)(H,16,17,18). The van der Waals surface area contributed by atoms with Gasteiger partial charge in [0.15, 0.2) is 0 Å². The van der Waals surface area contributed by atoms with Crippen LogP contribution in [0.1, 0.15) is 20.7 Å². The zero-order chi connectivity index (χ0) is 14.7.